The van der Waals surface area contributed by atoms with Crippen LogP contribution in [0.4, 0.5) is 0 Å². The number of thioether (sulfide) groups is 2. The van der Waals surface area contributed by atoms with Gasteiger partial charge in [-0.25, -0.2) is 4.98 Å². The Hall–Kier alpha value is -3.10. The standard InChI is InChI=1S/C30H23ClN4S3/c31-24-17-15-23(16-18-24)28(22-11-5-2-6-12-22)38-29-34-33-27(35(29)19-21-9-3-1-4-10-21)20-36-30-32-25-13-7-8-14-26(25)37-30/h1-18,28H,19-20H2. The Morgan fingerprint density at radius 2 is 1.45 bits per heavy atom. The lowest BCUT2D eigenvalue weighted by atomic mass is 10.0. The summed E-state index contributed by atoms with van der Waals surface area (Å²) in [4.78, 5) is 4.79. The summed E-state index contributed by atoms with van der Waals surface area (Å²) < 4.78 is 4.48. The van der Waals surface area contributed by atoms with Gasteiger partial charge in [0.25, 0.3) is 0 Å². The second kappa shape index (κ2) is 11.7. The van der Waals surface area contributed by atoms with Crippen LogP contribution in [0.15, 0.2) is 119 Å². The summed E-state index contributed by atoms with van der Waals surface area (Å²) >= 11 is 11.4. The van der Waals surface area contributed by atoms with Crippen molar-refractivity contribution in [1.29, 1.82) is 0 Å². The normalized spacial score (nSPS) is 12.1. The third-order valence-corrected chi connectivity index (χ3v) is 9.79. The summed E-state index contributed by atoms with van der Waals surface area (Å²) in [6.07, 6.45) is 0. The molecule has 38 heavy (non-hydrogen) atoms. The van der Waals surface area contributed by atoms with Crippen LogP contribution in [0.3, 0.4) is 0 Å². The molecule has 0 fully saturated rings. The van der Waals surface area contributed by atoms with Gasteiger partial charge in [-0.15, -0.1) is 21.5 Å². The molecule has 0 radical (unpaired) electrons. The van der Waals surface area contributed by atoms with E-state index < -0.39 is 0 Å². The summed E-state index contributed by atoms with van der Waals surface area (Å²) in [5.74, 6) is 1.63. The van der Waals surface area contributed by atoms with Gasteiger partial charge in [0.15, 0.2) is 9.50 Å². The number of fused-ring (bicyclic) bond motifs is 1. The number of nitrogens with zero attached hydrogens (tertiary/aromatic N) is 4. The zero-order valence-electron chi connectivity index (χ0n) is 20.3. The lowest BCUT2D eigenvalue weighted by Crippen LogP contribution is -2.07. The van der Waals surface area contributed by atoms with E-state index in [2.05, 4.69) is 88.5 Å². The van der Waals surface area contributed by atoms with Gasteiger partial charge >= 0.3 is 0 Å². The van der Waals surface area contributed by atoms with Gasteiger partial charge in [-0.1, -0.05) is 120 Å². The van der Waals surface area contributed by atoms with E-state index in [0.29, 0.717) is 12.3 Å². The maximum atomic E-state index is 6.21. The summed E-state index contributed by atoms with van der Waals surface area (Å²) in [6, 6.07) is 37.3. The summed E-state index contributed by atoms with van der Waals surface area (Å²) in [5, 5.41) is 11.0. The predicted molar refractivity (Wildman–Crippen MR) is 160 cm³/mol. The summed E-state index contributed by atoms with van der Waals surface area (Å²) in [7, 11) is 0. The van der Waals surface area contributed by atoms with Crippen molar-refractivity contribution in [3.05, 3.63) is 137 Å². The molecule has 0 aliphatic carbocycles. The summed E-state index contributed by atoms with van der Waals surface area (Å²) in [6.45, 7) is 0.702. The number of para-hydroxylation sites is 1. The van der Waals surface area contributed by atoms with Crippen LogP contribution in [0.25, 0.3) is 10.2 Å². The lowest BCUT2D eigenvalue weighted by molar-refractivity contribution is 0.684. The van der Waals surface area contributed by atoms with Crippen LogP contribution in [0.1, 0.15) is 27.8 Å². The number of aromatic nitrogens is 4. The van der Waals surface area contributed by atoms with Crippen molar-refractivity contribution in [1.82, 2.24) is 19.7 Å². The number of benzene rings is 4. The van der Waals surface area contributed by atoms with E-state index in [0.717, 1.165) is 25.9 Å². The molecule has 2 aromatic heterocycles. The molecule has 1 unspecified atom stereocenters. The fraction of sp³-hybridized carbons (Fsp3) is 0.100. The Morgan fingerprint density at radius 1 is 0.763 bits per heavy atom. The Morgan fingerprint density at radius 3 is 2.21 bits per heavy atom. The van der Waals surface area contributed by atoms with Crippen molar-refractivity contribution >= 4 is 56.7 Å². The van der Waals surface area contributed by atoms with E-state index in [1.165, 1.54) is 21.4 Å². The van der Waals surface area contributed by atoms with Crippen molar-refractivity contribution in [3.8, 4) is 0 Å². The smallest absolute Gasteiger partial charge is 0.192 e. The molecular formula is C30H23ClN4S3. The maximum Gasteiger partial charge on any atom is 0.192 e. The molecule has 4 aromatic carbocycles. The fourth-order valence-electron chi connectivity index (χ4n) is 4.18. The topological polar surface area (TPSA) is 43.6 Å². The third-order valence-electron chi connectivity index (χ3n) is 6.07. The van der Waals surface area contributed by atoms with Crippen molar-refractivity contribution in [2.75, 3.05) is 0 Å². The molecule has 6 aromatic rings. The monoisotopic (exact) mass is 570 g/mol. The van der Waals surface area contributed by atoms with Crippen molar-refractivity contribution in [2.45, 2.75) is 27.0 Å². The average molecular weight is 571 g/mol. The minimum Gasteiger partial charge on any atom is -0.301 e. The fourth-order valence-corrected chi connectivity index (χ4v) is 7.49. The van der Waals surface area contributed by atoms with Crippen molar-refractivity contribution in [3.63, 3.8) is 0 Å². The second-order valence-electron chi connectivity index (χ2n) is 8.67. The van der Waals surface area contributed by atoms with Gasteiger partial charge in [0.05, 0.1) is 27.8 Å². The molecule has 2 heterocycles. The molecule has 1 atom stereocenters. The zero-order chi connectivity index (χ0) is 25.7. The second-order valence-corrected chi connectivity index (χ2v) is 12.4. The van der Waals surface area contributed by atoms with Gasteiger partial charge in [0.1, 0.15) is 5.82 Å². The quantitative estimate of drug-likeness (QED) is 0.163. The number of thiazole rings is 1. The van der Waals surface area contributed by atoms with Crippen LogP contribution < -0.4 is 0 Å². The number of hydrogen-bond donors (Lipinski definition) is 0. The Balaban J connectivity index is 1.33. The first-order valence-electron chi connectivity index (χ1n) is 12.1. The van der Waals surface area contributed by atoms with Crippen LogP contribution in [-0.4, -0.2) is 19.7 Å². The third kappa shape index (κ3) is 5.81. The van der Waals surface area contributed by atoms with Gasteiger partial charge in [-0.3, -0.25) is 0 Å². The Bertz CT molecular complexity index is 1600. The van der Waals surface area contributed by atoms with Gasteiger partial charge < -0.3 is 4.57 Å². The van der Waals surface area contributed by atoms with E-state index in [4.69, 9.17) is 21.7 Å². The highest BCUT2D eigenvalue weighted by Crippen LogP contribution is 2.41. The van der Waals surface area contributed by atoms with E-state index >= 15 is 0 Å². The highest BCUT2D eigenvalue weighted by Gasteiger charge is 2.22. The van der Waals surface area contributed by atoms with Gasteiger partial charge in [-0.05, 0) is 41.0 Å². The molecule has 6 rings (SSSR count). The molecule has 4 nitrogen and oxygen atoms in total. The number of rotatable bonds is 9. The van der Waals surface area contributed by atoms with E-state index in [1.54, 1.807) is 34.9 Å². The van der Waals surface area contributed by atoms with Gasteiger partial charge in [-0.2, -0.15) is 0 Å². The van der Waals surface area contributed by atoms with Crippen LogP contribution in [0, 0.1) is 0 Å². The van der Waals surface area contributed by atoms with E-state index in [1.807, 2.05) is 30.3 Å². The molecule has 0 saturated carbocycles. The summed E-state index contributed by atoms with van der Waals surface area (Å²) in [5.41, 5.74) is 4.63. The molecule has 0 aliphatic rings. The van der Waals surface area contributed by atoms with Gasteiger partial charge in [0, 0.05) is 5.02 Å². The van der Waals surface area contributed by atoms with E-state index in [9.17, 15) is 0 Å². The molecule has 0 spiro atoms. The van der Waals surface area contributed by atoms with Crippen molar-refractivity contribution < 1.29 is 0 Å². The largest absolute Gasteiger partial charge is 0.301 e. The first-order chi connectivity index (χ1) is 18.7. The highest BCUT2D eigenvalue weighted by molar-refractivity contribution is 8.00. The highest BCUT2D eigenvalue weighted by atomic mass is 35.5. The molecule has 0 amide bonds. The minimum atomic E-state index is 0.0527. The van der Waals surface area contributed by atoms with Gasteiger partial charge in [0.2, 0.25) is 0 Å². The lowest BCUT2D eigenvalue weighted by Gasteiger charge is -2.18. The average Bonchev–Trinajstić information content (AvgIpc) is 3.55. The van der Waals surface area contributed by atoms with Crippen LogP contribution >= 0.6 is 46.5 Å². The van der Waals surface area contributed by atoms with E-state index in [-0.39, 0.29) is 5.25 Å². The molecule has 188 valence electrons. The number of halogens is 1. The molecule has 0 aliphatic heterocycles. The Kier molecular flexibility index (Phi) is 7.79. The van der Waals surface area contributed by atoms with Crippen molar-refractivity contribution in [2.24, 2.45) is 0 Å². The number of hydrogen-bond acceptors (Lipinski definition) is 6. The molecular weight excluding hydrogens is 548 g/mol. The predicted octanol–water partition coefficient (Wildman–Crippen LogP) is 8.76. The Labute approximate surface area is 239 Å². The molecule has 0 bridgehead atoms. The molecule has 0 saturated heterocycles. The first-order valence-corrected chi connectivity index (χ1v) is 15.2. The van der Waals surface area contributed by atoms with Crippen LogP contribution in [0.5, 0.6) is 0 Å². The first kappa shape index (κ1) is 25.2. The SMILES string of the molecule is Clc1ccc(C(Sc2nnc(CSc3nc4ccccc4s3)n2Cc2ccccc2)c2ccccc2)cc1. The van der Waals surface area contributed by atoms with Crippen LogP contribution in [0.2, 0.25) is 5.02 Å². The molecule has 8 heteroatoms. The zero-order valence-corrected chi connectivity index (χ0v) is 23.5. The molecule has 0 N–H and O–H groups in total. The van der Waals surface area contributed by atoms with Crippen LogP contribution in [-0.2, 0) is 12.3 Å². The maximum absolute atomic E-state index is 6.21. The minimum absolute atomic E-state index is 0.0527.